The Morgan fingerprint density at radius 1 is 1.18 bits per heavy atom. The minimum absolute atomic E-state index is 0.0691. The van der Waals surface area contributed by atoms with E-state index in [-0.39, 0.29) is 35.5 Å². The average molecular weight is 465 g/mol. The molecule has 1 spiro atoms. The van der Waals surface area contributed by atoms with E-state index in [1.807, 2.05) is 12.1 Å². The number of carbonyl (C=O) groups is 2. The average Bonchev–Trinajstić information content (AvgIpc) is 3.28. The molecule has 5 rings (SSSR count). The first-order chi connectivity index (χ1) is 16.4. The van der Waals surface area contributed by atoms with Crippen LogP contribution in [0.3, 0.4) is 0 Å². The van der Waals surface area contributed by atoms with Gasteiger partial charge in [-0.3, -0.25) is 4.79 Å². The van der Waals surface area contributed by atoms with Gasteiger partial charge in [-0.2, -0.15) is 0 Å². The number of halogens is 1. The highest BCUT2D eigenvalue weighted by Crippen LogP contribution is 2.49. The van der Waals surface area contributed by atoms with Crippen molar-refractivity contribution in [2.24, 2.45) is 5.41 Å². The molecule has 10 heteroatoms. The van der Waals surface area contributed by atoms with Gasteiger partial charge < -0.3 is 24.8 Å². The van der Waals surface area contributed by atoms with E-state index in [9.17, 15) is 14.0 Å². The van der Waals surface area contributed by atoms with E-state index in [4.69, 9.17) is 9.26 Å². The lowest BCUT2D eigenvalue weighted by Crippen LogP contribution is -2.66. The quantitative estimate of drug-likeness (QED) is 0.576. The number of hydrogen-bond acceptors (Lipinski definition) is 7. The number of ether oxygens (including phenoxy) is 1. The van der Waals surface area contributed by atoms with Gasteiger partial charge in [0.1, 0.15) is 11.6 Å². The first-order valence-corrected chi connectivity index (χ1v) is 11.0. The van der Waals surface area contributed by atoms with Gasteiger partial charge in [-0.05, 0) is 42.7 Å². The highest BCUT2D eigenvalue weighted by atomic mass is 19.1. The molecule has 1 saturated heterocycles. The van der Waals surface area contributed by atoms with Gasteiger partial charge in [-0.1, -0.05) is 17.3 Å². The van der Waals surface area contributed by atoms with Crippen LogP contribution >= 0.6 is 0 Å². The second kappa shape index (κ2) is 8.77. The van der Waals surface area contributed by atoms with Crippen molar-refractivity contribution in [3.63, 3.8) is 0 Å². The van der Waals surface area contributed by atoms with Gasteiger partial charge in [0, 0.05) is 49.4 Å². The third kappa shape index (κ3) is 4.43. The number of aromatic nitrogens is 2. The fourth-order valence-corrected chi connectivity index (χ4v) is 4.62. The molecule has 0 bridgehead atoms. The topological polar surface area (TPSA) is 110 Å². The molecule has 1 saturated carbocycles. The second-order valence-corrected chi connectivity index (χ2v) is 8.85. The molecule has 9 nitrogen and oxygen atoms in total. The maximum atomic E-state index is 13.1. The number of carbonyl (C=O) groups excluding carboxylic acids is 2. The van der Waals surface area contributed by atoms with E-state index in [1.54, 1.807) is 18.3 Å². The third-order valence-corrected chi connectivity index (χ3v) is 6.35. The van der Waals surface area contributed by atoms with Crippen LogP contribution in [0.1, 0.15) is 29.1 Å². The van der Waals surface area contributed by atoms with Crippen molar-refractivity contribution >= 4 is 17.8 Å². The van der Waals surface area contributed by atoms with Crippen LogP contribution in [0.4, 0.5) is 15.0 Å². The molecule has 34 heavy (non-hydrogen) atoms. The Bertz CT molecular complexity index is 1180. The van der Waals surface area contributed by atoms with Gasteiger partial charge in [0.2, 0.25) is 0 Å². The molecule has 1 aliphatic carbocycles. The fourth-order valence-electron chi connectivity index (χ4n) is 4.62. The van der Waals surface area contributed by atoms with Gasteiger partial charge in [0.25, 0.3) is 5.91 Å². The first kappa shape index (κ1) is 21.9. The lowest BCUT2D eigenvalue weighted by Gasteiger charge is -2.59. The van der Waals surface area contributed by atoms with E-state index >= 15 is 0 Å². The van der Waals surface area contributed by atoms with E-state index in [0.29, 0.717) is 5.76 Å². The lowest BCUT2D eigenvalue weighted by atomic mass is 9.60. The fraction of sp³-hybridized carbons (Fsp3) is 0.333. The zero-order valence-corrected chi connectivity index (χ0v) is 18.6. The van der Waals surface area contributed by atoms with Crippen molar-refractivity contribution in [3.8, 4) is 11.1 Å². The molecule has 2 aromatic heterocycles. The number of hydrogen-bond donors (Lipinski definition) is 2. The number of benzene rings is 1. The molecular weight excluding hydrogens is 441 g/mol. The number of pyridine rings is 1. The normalized spacial score (nSPS) is 16.5. The Morgan fingerprint density at radius 2 is 1.91 bits per heavy atom. The Kier molecular flexibility index (Phi) is 5.64. The molecule has 0 atom stereocenters. The summed E-state index contributed by atoms with van der Waals surface area (Å²) in [6.07, 6.45) is 3.05. The SMILES string of the molecule is CNC(=O)c1cc(COC(=O)NC2CC3(C2)CN(c2ccc(-c4ccc(F)cc4)cn2)C3)on1. The van der Waals surface area contributed by atoms with E-state index in [1.165, 1.54) is 25.2 Å². The number of anilines is 1. The molecule has 3 heterocycles. The van der Waals surface area contributed by atoms with Crippen molar-refractivity contribution in [1.29, 1.82) is 0 Å². The zero-order valence-electron chi connectivity index (χ0n) is 18.6. The molecule has 2 aliphatic rings. The van der Waals surface area contributed by atoms with E-state index < -0.39 is 6.09 Å². The summed E-state index contributed by atoms with van der Waals surface area (Å²) < 4.78 is 23.3. The predicted molar refractivity (Wildman–Crippen MR) is 121 cm³/mol. The molecule has 2 amide bonds. The summed E-state index contributed by atoms with van der Waals surface area (Å²) in [5.74, 6) is 0.585. The van der Waals surface area contributed by atoms with E-state index in [0.717, 1.165) is 42.9 Å². The van der Waals surface area contributed by atoms with Crippen LogP contribution < -0.4 is 15.5 Å². The number of rotatable bonds is 6. The molecule has 0 unspecified atom stereocenters. The molecule has 0 radical (unpaired) electrons. The van der Waals surface area contributed by atoms with E-state index in [2.05, 4.69) is 25.7 Å². The van der Waals surface area contributed by atoms with Gasteiger partial charge in [-0.15, -0.1) is 0 Å². The Hall–Kier alpha value is -3.95. The lowest BCUT2D eigenvalue weighted by molar-refractivity contribution is 0.0417. The van der Waals surface area contributed by atoms with Crippen LogP contribution in [0.2, 0.25) is 0 Å². The Labute approximate surface area is 195 Å². The predicted octanol–water partition coefficient (Wildman–Crippen LogP) is 3.13. The van der Waals surface area contributed by atoms with Crippen molar-refractivity contribution in [2.45, 2.75) is 25.5 Å². The molecule has 2 N–H and O–H groups in total. The number of amides is 2. The van der Waals surface area contributed by atoms with Gasteiger partial charge in [0.15, 0.2) is 18.1 Å². The molecule has 2 fully saturated rings. The smallest absolute Gasteiger partial charge is 0.407 e. The van der Waals surface area contributed by atoms with Crippen LogP contribution in [0, 0.1) is 11.2 Å². The number of nitrogens with one attached hydrogen (secondary N) is 2. The van der Waals surface area contributed by atoms with Crippen molar-refractivity contribution in [3.05, 3.63) is 65.9 Å². The molecular formula is C24H24FN5O4. The first-order valence-electron chi connectivity index (χ1n) is 11.0. The summed E-state index contributed by atoms with van der Waals surface area (Å²) in [4.78, 5) is 30.3. The van der Waals surface area contributed by atoms with Crippen LogP contribution in [-0.2, 0) is 11.3 Å². The minimum Gasteiger partial charge on any atom is -0.441 e. The summed E-state index contributed by atoms with van der Waals surface area (Å²) in [5, 5.41) is 8.94. The molecule has 1 aliphatic heterocycles. The van der Waals surface area contributed by atoms with Gasteiger partial charge in [-0.25, -0.2) is 14.2 Å². The zero-order chi connectivity index (χ0) is 23.7. The Morgan fingerprint density at radius 3 is 2.59 bits per heavy atom. The number of nitrogens with zero attached hydrogens (tertiary/aromatic N) is 3. The summed E-state index contributed by atoms with van der Waals surface area (Å²) in [6, 6.07) is 11.8. The standard InChI is InChI=1S/C24H24FN5O4/c1-26-22(31)20-8-19(34-29-20)12-33-23(32)28-18-9-24(10-18)13-30(14-24)21-7-4-16(11-27-21)15-2-5-17(25)6-3-15/h2-8,11,18H,9-10,12-14H2,1H3,(H,26,31)(H,28,32). The molecule has 176 valence electrons. The van der Waals surface area contributed by atoms with Gasteiger partial charge >= 0.3 is 6.09 Å². The molecule has 3 aromatic rings. The van der Waals surface area contributed by atoms with Gasteiger partial charge in [0.05, 0.1) is 0 Å². The van der Waals surface area contributed by atoms with Crippen LogP contribution in [0.5, 0.6) is 0 Å². The monoisotopic (exact) mass is 465 g/mol. The maximum absolute atomic E-state index is 13.1. The highest BCUT2D eigenvalue weighted by molar-refractivity contribution is 5.91. The van der Waals surface area contributed by atoms with Crippen LogP contribution in [0.15, 0.2) is 53.2 Å². The third-order valence-electron chi connectivity index (χ3n) is 6.35. The maximum Gasteiger partial charge on any atom is 0.407 e. The van der Waals surface area contributed by atoms with Crippen molar-refractivity contribution in [1.82, 2.24) is 20.8 Å². The Balaban J connectivity index is 1.04. The molecule has 1 aromatic carbocycles. The van der Waals surface area contributed by atoms with Crippen molar-refractivity contribution in [2.75, 3.05) is 25.0 Å². The summed E-state index contributed by atoms with van der Waals surface area (Å²) >= 11 is 0. The summed E-state index contributed by atoms with van der Waals surface area (Å²) in [5.41, 5.74) is 2.20. The van der Waals surface area contributed by atoms with Crippen molar-refractivity contribution < 1.29 is 23.2 Å². The minimum atomic E-state index is -0.521. The largest absolute Gasteiger partial charge is 0.441 e. The second-order valence-electron chi connectivity index (χ2n) is 8.85. The van der Waals surface area contributed by atoms with Crippen LogP contribution in [-0.4, -0.2) is 48.3 Å². The summed E-state index contributed by atoms with van der Waals surface area (Å²) in [6.45, 7) is 1.69. The summed E-state index contributed by atoms with van der Waals surface area (Å²) in [7, 11) is 1.50. The highest BCUT2D eigenvalue weighted by Gasteiger charge is 2.53. The number of alkyl carbamates (subject to hydrolysis) is 1. The van der Waals surface area contributed by atoms with Crippen LogP contribution in [0.25, 0.3) is 11.1 Å².